The first-order valence-corrected chi connectivity index (χ1v) is 9.70. The number of aromatic nitrogens is 1. The normalized spacial score (nSPS) is 11.8. The summed E-state index contributed by atoms with van der Waals surface area (Å²) in [6, 6.07) is 10.4. The molecule has 29 heavy (non-hydrogen) atoms. The Bertz CT molecular complexity index is 1010. The number of benzene rings is 2. The topological polar surface area (TPSA) is 45.7 Å². The number of anilines is 1. The average Bonchev–Trinajstić information content (AvgIpc) is 3.03. The number of hydrogen-bond acceptors (Lipinski definition) is 5. The number of fused-ring (bicyclic) bond motifs is 1. The number of halogens is 4. The molecule has 10 heteroatoms. The van der Waals surface area contributed by atoms with Gasteiger partial charge in [0.2, 0.25) is 0 Å². The Kier molecular flexibility index (Phi) is 6.30. The minimum Gasteiger partial charge on any atom is -0.406 e. The zero-order chi connectivity index (χ0) is 21.2. The smallest absolute Gasteiger partial charge is 0.406 e. The number of amides is 1. The SMILES string of the molecule is CN(C)CCN(C(=O)c1ccc(Cl)cc1)c1nc2ccc(OC(F)(F)F)cc2s1. The van der Waals surface area contributed by atoms with Crippen molar-refractivity contribution in [2.45, 2.75) is 6.36 Å². The second kappa shape index (κ2) is 8.56. The third-order valence-electron chi connectivity index (χ3n) is 3.92. The lowest BCUT2D eigenvalue weighted by atomic mass is 10.2. The van der Waals surface area contributed by atoms with Crippen molar-refractivity contribution in [3.05, 3.63) is 53.1 Å². The second-order valence-electron chi connectivity index (χ2n) is 6.44. The van der Waals surface area contributed by atoms with Crippen molar-refractivity contribution < 1.29 is 22.7 Å². The molecule has 3 aromatic rings. The van der Waals surface area contributed by atoms with Gasteiger partial charge in [0.25, 0.3) is 5.91 Å². The van der Waals surface area contributed by atoms with Gasteiger partial charge in [-0.1, -0.05) is 22.9 Å². The molecule has 1 amide bonds. The Morgan fingerprint density at radius 2 is 1.83 bits per heavy atom. The Balaban J connectivity index is 1.94. The van der Waals surface area contributed by atoms with Crippen molar-refractivity contribution in [3.8, 4) is 5.75 Å². The molecular formula is C19H17ClF3N3O2S. The summed E-state index contributed by atoms with van der Waals surface area (Å²) in [5.41, 5.74) is 0.923. The van der Waals surface area contributed by atoms with Gasteiger partial charge in [0.05, 0.1) is 10.2 Å². The molecule has 0 spiro atoms. The van der Waals surface area contributed by atoms with Crippen LogP contribution in [0.25, 0.3) is 10.2 Å². The maximum atomic E-state index is 13.1. The molecule has 0 aliphatic heterocycles. The first-order valence-electron chi connectivity index (χ1n) is 8.51. The average molecular weight is 444 g/mol. The molecule has 0 saturated carbocycles. The van der Waals surface area contributed by atoms with Crippen molar-refractivity contribution in [3.63, 3.8) is 0 Å². The summed E-state index contributed by atoms with van der Waals surface area (Å²) in [6.07, 6.45) is -4.77. The molecular weight excluding hydrogens is 427 g/mol. The lowest BCUT2D eigenvalue weighted by Gasteiger charge is -2.22. The Hall–Kier alpha value is -2.36. The monoisotopic (exact) mass is 443 g/mol. The third kappa shape index (κ3) is 5.59. The highest BCUT2D eigenvalue weighted by atomic mass is 35.5. The predicted molar refractivity (Wildman–Crippen MR) is 108 cm³/mol. The molecule has 154 valence electrons. The first kappa shape index (κ1) is 21.4. The Labute approximate surface area is 174 Å². The van der Waals surface area contributed by atoms with E-state index < -0.39 is 6.36 Å². The van der Waals surface area contributed by atoms with E-state index in [1.807, 2.05) is 19.0 Å². The van der Waals surface area contributed by atoms with Gasteiger partial charge < -0.3 is 9.64 Å². The quantitative estimate of drug-likeness (QED) is 0.534. The maximum absolute atomic E-state index is 13.1. The van der Waals surface area contributed by atoms with Crippen LogP contribution in [0.5, 0.6) is 5.75 Å². The second-order valence-corrected chi connectivity index (χ2v) is 7.89. The number of thiazole rings is 1. The van der Waals surface area contributed by atoms with Gasteiger partial charge in [0.1, 0.15) is 5.75 Å². The summed E-state index contributed by atoms with van der Waals surface area (Å²) < 4.78 is 41.9. The van der Waals surface area contributed by atoms with Crippen molar-refractivity contribution in [2.75, 3.05) is 32.1 Å². The molecule has 0 saturated heterocycles. The largest absolute Gasteiger partial charge is 0.573 e. The summed E-state index contributed by atoms with van der Waals surface area (Å²) in [5.74, 6) is -0.599. The van der Waals surface area contributed by atoms with Gasteiger partial charge in [0.15, 0.2) is 5.13 Å². The molecule has 5 nitrogen and oxygen atoms in total. The van der Waals surface area contributed by atoms with Crippen LogP contribution in [0.1, 0.15) is 10.4 Å². The molecule has 2 aromatic carbocycles. The van der Waals surface area contributed by atoms with E-state index in [1.54, 1.807) is 24.3 Å². The molecule has 1 aromatic heterocycles. The third-order valence-corrected chi connectivity index (χ3v) is 5.21. The van der Waals surface area contributed by atoms with Crippen LogP contribution in [0.4, 0.5) is 18.3 Å². The summed E-state index contributed by atoms with van der Waals surface area (Å²) in [7, 11) is 3.76. The van der Waals surface area contributed by atoms with Gasteiger partial charge in [-0.3, -0.25) is 9.69 Å². The van der Waals surface area contributed by atoms with Gasteiger partial charge in [0, 0.05) is 29.7 Å². The highest BCUT2D eigenvalue weighted by Gasteiger charge is 2.31. The van der Waals surface area contributed by atoms with Crippen LogP contribution in [-0.2, 0) is 0 Å². The minimum atomic E-state index is -4.77. The standard InChI is InChI=1S/C19H17ClF3N3O2S/c1-25(2)9-10-26(17(27)12-3-5-13(20)6-4-12)18-24-15-8-7-14(11-16(15)29-18)28-19(21,22)23/h3-8,11H,9-10H2,1-2H3. The molecule has 0 aliphatic carbocycles. The van der Waals surface area contributed by atoms with E-state index in [0.29, 0.717) is 39.0 Å². The highest BCUT2D eigenvalue weighted by Crippen LogP contribution is 2.33. The molecule has 0 unspecified atom stereocenters. The number of ether oxygens (including phenoxy) is 1. The fourth-order valence-corrected chi connectivity index (χ4v) is 3.68. The summed E-state index contributed by atoms with van der Waals surface area (Å²) in [6.45, 7) is 0.942. The number of likely N-dealkylation sites (N-methyl/N-ethyl adjacent to an activating group) is 1. The fraction of sp³-hybridized carbons (Fsp3) is 0.263. The number of rotatable bonds is 6. The van der Waals surface area contributed by atoms with Crippen LogP contribution in [-0.4, -0.2) is 49.3 Å². The van der Waals surface area contributed by atoms with E-state index in [4.69, 9.17) is 11.6 Å². The van der Waals surface area contributed by atoms with Crippen molar-refractivity contribution in [2.24, 2.45) is 0 Å². The number of alkyl halides is 3. The lowest BCUT2D eigenvalue weighted by molar-refractivity contribution is -0.274. The minimum absolute atomic E-state index is 0.269. The number of carbonyl (C=O) groups is 1. The van der Waals surface area contributed by atoms with Crippen molar-refractivity contribution in [1.29, 1.82) is 0 Å². The van der Waals surface area contributed by atoms with Gasteiger partial charge >= 0.3 is 6.36 Å². The Morgan fingerprint density at radius 3 is 2.45 bits per heavy atom. The van der Waals surface area contributed by atoms with Gasteiger partial charge in [-0.05, 0) is 50.5 Å². The van der Waals surface area contributed by atoms with Gasteiger partial charge in [-0.25, -0.2) is 4.98 Å². The van der Waals surface area contributed by atoms with E-state index in [-0.39, 0.29) is 11.7 Å². The van der Waals surface area contributed by atoms with Crippen LogP contribution in [0.2, 0.25) is 5.02 Å². The predicted octanol–water partition coefficient (Wildman–Crippen LogP) is 5.06. The lowest BCUT2D eigenvalue weighted by Crippen LogP contribution is -2.36. The fourth-order valence-electron chi connectivity index (χ4n) is 2.54. The molecule has 3 rings (SSSR count). The Morgan fingerprint density at radius 1 is 1.14 bits per heavy atom. The van der Waals surface area contributed by atoms with E-state index in [2.05, 4.69) is 9.72 Å². The van der Waals surface area contributed by atoms with Crippen LogP contribution >= 0.6 is 22.9 Å². The molecule has 0 bridgehead atoms. The summed E-state index contributed by atoms with van der Waals surface area (Å²) >= 11 is 7.02. The number of nitrogens with zero attached hydrogens (tertiary/aromatic N) is 3. The first-order chi connectivity index (χ1) is 13.6. The zero-order valence-corrected chi connectivity index (χ0v) is 17.1. The molecule has 0 atom stereocenters. The molecule has 0 N–H and O–H groups in total. The van der Waals surface area contributed by atoms with Gasteiger partial charge in [-0.15, -0.1) is 13.2 Å². The van der Waals surface area contributed by atoms with Gasteiger partial charge in [-0.2, -0.15) is 0 Å². The summed E-state index contributed by atoms with van der Waals surface area (Å²) in [5, 5.41) is 0.907. The van der Waals surface area contributed by atoms with E-state index >= 15 is 0 Å². The van der Waals surface area contributed by atoms with E-state index in [1.165, 1.54) is 23.1 Å². The van der Waals surface area contributed by atoms with Crippen LogP contribution < -0.4 is 9.64 Å². The molecule has 1 heterocycles. The van der Waals surface area contributed by atoms with Crippen LogP contribution in [0.15, 0.2) is 42.5 Å². The maximum Gasteiger partial charge on any atom is 0.573 e. The van der Waals surface area contributed by atoms with Crippen molar-refractivity contribution in [1.82, 2.24) is 9.88 Å². The molecule has 0 radical (unpaired) electrons. The zero-order valence-electron chi connectivity index (χ0n) is 15.5. The number of hydrogen-bond donors (Lipinski definition) is 0. The van der Waals surface area contributed by atoms with E-state index in [9.17, 15) is 18.0 Å². The molecule has 0 aliphatic rings. The van der Waals surface area contributed by atoms with E-state index in [0.717, 1.165) is 11.3 Å². The highest BCUT2D eigenvalue weighted by molar-refractivity contribution is 7.22. The van der Waals surface area contributed by atoms with Crippen molar-refractivity contribution >= 4 is 44.2 Å². The van der Waals surface area contributed by atoms with Crippen LogP contribution in [0.3, 0.4) is 0 Å². The van der Waals surface area contributed by atoms with Crippen LogP contribution in [0, 0.1) is 0 Å². The molecule has 0 fully saturated rings. The number of carbonyl (C=O) groups excluding carboxylic acids is 1. The summed E-state index contributed by atoms with van der Waals surface area (Å²) in [4.78, 5) is 20.9.